The summed E-state index contributed by atoms with van der Waals surface area (Å²) in [7, 11) is 0. The lowest BCUT2D eigenvalue weighted by Gasteiger charge is -2.33. The van der Waals surface area contributed by atoms with Crippen molar-refractivity contribution in [3.8, 4) is 0 Å². The molecule has 0 aliphatic heterocycles. The summed E-state index contributed by atoms with van der Waals surface area (Å²) < 4.78 is 0. The number of urea groups is 1. The minimum atomic E-state index is -0.251. The molecule has 100 valence electrons. The van der Waals surface area contributed by atoms with Gasteiger partial charge in [-0.3, -0.25) is 4.79 Å². The molecule has 0 spiro atoms. The zero-order valence-corrected chi connectivity index (χ0v) is 11.9. The number of carbonyl (C=O) groups excluding carboxylic acids is 2. The first-order chi connectivity index (χ1) is 7.52. The van der Waals surface area contributed by atoms with E-state index in [-0.39, 0.29) is 22.8 Å². The van der Waals surface area contributed by atoms with Crippen molar-refractivity contribution in [2.75, 3.05) is 6.54 Å². The highest BCUT2D eigenvalue weighted by Gasteiger charge is 2.26. The summed E-state index contributed by atoms with van der Waals surface area (Å²) in [4.78, 5) is 22.3. The van der Waals surface area contributed by atoms with Crippen LogP contribution < -0.4 is 10.6 Å². The number of Topliss-reactive ketones (excluding diaryl/α,β-unsaturated/α-hetero) is 1. The van der Waals surface area contributed by atoms with Gasteiger partial charge in [0.15, 0.2) is 0 Å². The summed E-state index contributed by atoms with van der Waals surface area (Å²) in [5.41, 5.74) is -0.0886. The maximum Gasteiger partial charge on any atom is 0.315 e. The second kappa shape index (κ2) is 6.03. The van der Waals surface area contributed by atoms with Gasteiger partial charge in [0.25, 0.3) is 0 Å². The molecule has 0 unspecified atom stereocenters. The highest BCUT2D eigenvalue weighted by atomic mass is 16.2. The van der Waals surface area contributed by atoms with Crippen molar-refractivity contribution in [3.63, 3.8) is 0 Å². The third-order valence-electron chi connectivity index (χ3n) is 2.19. The molecule has 0 saturated heterocycles. The number of rotatable bonds is 5. The molecular formula is C13H26N2O2. The summed E-state index contributed by atoms with van der Waals surface area (Å²) in [6.45, 7) is 12.3. The Hall–Kier alpha value is -1.06. The van der Waals surface area contributed by atoms with Crippen molar-refractivity contribution < 1.29 is 9.59 Å². The van der Waals surface area contributed by atoms with Crippen molar-refractivity contribution >= 4 is 11.8 Å². The molecule has 0 fully saturated rings. The number of hydrogen-bond acceptors (Lipinski definition) is 2. The fraction of sp³-hybridized carbons (Fsp3) is 0.846. The van der Waals surface area contributed by atoms with Crippen LogP contribution in [-0.2, 0) is 4.79 Å². The van der Waals surface area contributed by atoms with Gasteiger partial charge in [-0.1, -0.05) is 20.8 Å². The van der Waals surface area contributed by atoms with Gasteiger partial charge in [0.05, 0.1) is 0 Å². The number of ketones is 1. The predicted molar refractivity (Wildman–Crippen MR) is 70.0 cm³/mol. The molecule has 0 aromatic carbocycles. The molecule has 0 aliphatic rings. The van der Waals surface area contributed by atoms with E-state index in [9.17, 15) is 9.59 Å². The first-order valence-corrected chi connectivity index (χ1v) is 6.07. The van der Waals surface area contributed by atoms with Crippen molar-refractivity contribution in [1.82, 2.24) is 10.6 Å². The molecule has 17 heavy (non-hydrogen) atoms. The molecule has 0 heterocycles. The van der Waals surface area contributed by atoms with Crippen LogP contribution >= 0.6 is 0 Å². The van der Waals surface area contributed by atoms with E-state index in [0.717, 1.165) is 6.42 Å². The van der Waals surface area contributed by atoms with Crippen LogP contribution in [0.3, 0.4) is 0 Å². The van der Waals surface area contributed by atoms with Gasteiger partial charge in [0, 0.05) is 18.5 Å². The fourth-order valence-electron chi connectivity index (χ4n) is 2.07. The zero-order chi connectivity index (χ0) is 13.7. The van der Waals surface area contributed by atoms with Gasteiger partial charge < -0.3 is 10.6 Å². The number of hydrogen-bond donors (Lipinski definition) is 2. The average molecular weight is 242 g/mol. The van der Waals surface area contributed by atoms with Gasteiger partial charge in [-0.2, -0.15) is 0 Å². The van der Waals surface area contributed by atoms with Gasteiger partial charge >= 0.3 is 6.03 Å². The quantitative estimate of drug-likeness (QED) is 0.778. The minimum Gasteiger partial charge on any atom is -0.338 e. The Balaban J connectivity index is 4.05. The second-order valence-electron chi connectivity index (χ2n) is 6.45. The van der Waals surface area contributed by atoms with Gasteiger partial charge in [-0.05, 0) is 32.6 Å². The highest BCUT2D eigenvalue weighted by Crippen LogP contribution is 2.26. The van der Waals surface area contributed by atoms with Gasteiger partial charge in [0.1, 0.15) is 5.78 Å². The largest absolute Gasteiger partial charge is 0.338 e. The van der Waals surface area contributed by atoms with Crippen LogP contribution in [0.15, 0.2) is 0 Å². The Morgan fingerprint density at radius 2 is 1.59 bits per heavy atom. The van der Waals surface area contributed by atoms with Crippen molar-refractivity contribution in [2.45, 2.75) is 59.9 Å². The lowest BCUT2D eigenvalue weighted by Crippen LogP contribution is -2.50. The van der Waals surface area contributed by atoms with Crippen molar-refractivity contribution in [1.29, 1.82) is 0 Å². The van der Waals surface area contributed by atoms with Gasteiger partial charge in [0.2, 0.25) is 0 Å². The lowest BCUT2D eigenvalue weighted by molar-refractivity contribution is -0.116. The number of carbonyl (C=O) groups is 2. The molecule has 4 nitrogen and oxygen atoms in total. The van der Waals surface area contributed by atoms with E-state index in [2.05, 4.69) is 31.4 Å². The standard InChI is InChI=1S/C13H26N2O2/c1-10(16)7-8-14-11(17)15-13(5,6)9-12(2,3)4/h7-9H2,1-6H3,(H2,14,15,17). The fourth-order valence-corrected chi connectivity index (χ4v) is 2.07. The molecule has 4 heteroatoms. The number of amides is 2. The lowest BCUT2D eigenvalue weighted by atomic mass is 9.82. The molecule has 2 amide bonds. The Labute approximate surface area is 105 Å². The molecular weight excluding hydrogens is 216 g/mol. The monoisotopic (exact) mass is 242 g/mol. The topological polar surface area (TPSA) is 58.2 Å². The maximum atomic E-state index is 11.6. The summed E-state index contributed by atoms with van der Waals surface area (Å²) in [5.74, 6) is 0.0826. The van der Waals surface area contributed by atoms with E-state index in [1.54, 1.807) is 0 Å². The molecule has 0 aromatic heterocycles. The van der Waals surface area contributed by atoms with E-state index in [1.165, 1.54) is 6.92 Å². The van der Waals surface area contributed by atoms with Gasteiger partial charge in [-0.25, -0.2) is 4.79 Å². The summed E-state index contributed by atoms with van der Waals surface area (Å²) >= 11 is 0. The molecule has 0 bridgehead atoms. The van der Waals surface area contributed by atoms with Crippen LogP contribution in [0.5, 0.6) is 0 Å². The summed E-state index contributed by atoms with van der Waals surface area (Å²) in [6, 6.07) is -0.208. The molecule has 0 aromatic rings. The van der Waals surface area contributed by atoms with E-state index in [0.29, 0.717) is 13.0 Å². The Morgan fingerprint density at radius 1 is 1.06 bits per heavy atom. The second-order valence-corrected chi connectivity index (χ2v) is 6.45. The highest BCUT2D eigenvalue weighted by molar-refractivity contribution is 5.78. The summed E-state index contributed by atoms with van der Waals surface area (Å²) in [6.07, 6.45) is 1.27. The maximum absolute atomic E-state index is 11.6. The average Bonchev–Trinajstić information content (AvgIpc) is 1.95. The smallest absolute Gasteiger partial charge is 0.315 e. The van der Waals surface area contributed by atoms with Crippen LogP contribution in [0.1, 0.15) is 54.4 Å². The third kappa shape index (κ3) is 9.85. The van der Waals surface area contributed by atoms with E-state index < -0.39 is 0 Å². The van der Waals surface area contributed by atoms with E-state index >= 15 is 0 Å². The molecule has 0 atom stereocenters. The van der Waals surface area contributed by atoms with Crippen LogP contribution in [0.4, 0.5) is 4.79 Å². The zero-order valence-electron chi connectivity index (χ0n) is 11.9. The molecule has 0 rings (SSSR count). The van der Waals surface area contributed by atoms with Crippen molar-refractivity contribution in [2.24, 2.45) is 5.41 Å². The Bertz CT molecular complexity index is 278. The van der Waals surface area contributed by atoms with Crippen LogP contribution in [-0.4, -0.2) is 23.9 Å². The van der Waals surface area contributed by atoms with Crippen LogP contribution in [0, 0.1) is 5.41 Å². The molecule has 0 radical (unpaired) electrons. The van der Waals surface area contributed by atoms with Gasteiger partial charge in [-0.15, -0.1) is 0 Å². The Morgan fingerprint density at radius 3 is 2.00 bits per heavy atom. The third-order valence-corrected chi connectivity index (χ3v) is 2.19. The summed E-state index contributed by atoms with van der Waals surface area (Å²) in [5, 5.41) is 5.61. The van der Waals surface area contributed by atoms with E-state index in [1.807, 2.05) is 13.8 Å². The molecule has 0 saturated carbocycles. The SMILES string of the molecule is CC(=O)CCNC(=O)NC(C)(C)CC(C)(C)C. The van der Waals surface area contributed by atoms with Crippen LogP contribution in [0.25, 0.3) is 0 Å². The minimum absolute atomic E-state index is 0.0826. The number of nitrogens with one attached hydrogen (secondary N) is 2. The first kappa shape index (κ1) is 15.9. The Kier molecular flexibility index (Phi) is 5.66. The molecule has 0 aliphatic carbocycles. The van der Waals surface area contributed by atoms with Crippen LogP contribution in [0.2, 0.25) is 0 Å². The predicted octanol–water partition coefficient (Wildman–Crippen LogP) is 2.48. The van der Waals surface area contributed by atoms with E-state index in [4.69, 9.17) is 0 Å². The first-order valence-electron chi connectivity index (χ1n) is 6.07. The molecule has 2 N–H and O–H groups in total. The normalized spacial score (nSPS) is 12.1. The van der Waals surface area contributed by atoms with Crippen molar-refractivity contribution in [3.05, 3.63) is 0 Å².